The van der Waals surface area contributed by atoms with Crippen LogP contribution in [0, 0.1) is 5.92 Å². The van der Waals surface area contributed by atoms with E-state index in [0.717, 1.165) is 0 Å². The largest absolute Gasteiger partial charge is 0.480 e. The van der Waals surface area contributed by atoms with Gasteiger partial charge in [0, 0.05) is 45.6 Å². The molecule has 29 heavy (non-hydrogen) atoms. The summed E-state index contributed by atoms with van der Waals surface area (Å²) in [5.74, 6) is -6.08. The third-order valence-electron chi connectivity index (χ3n) is 5.87. The van der Waals surface area contributed by atoms with E-state index in [1.165, 1.54) is 4.31 Å². The maximum absolute atomic E-state index is 13.0. The number of nitrogens with zero attached hydrogens (tertiary/aromatic N) is 1. The molecule has 0 unspecified atom stereocenters. The standard InChI is InChI=1S/C17H26F5NO5S/c18-16(19,17(20,21)22)6-2-1-3-13-4-9-23(10-5-13)29(26,27)15(14(24)25)7-11-28-12-8-15/h13H,1-12H2,(H,24,25). The van der Waals surface area contributed by atoms with Crippen LogP contribution in [0.1, 0.15) is 51.4 Å². The molecule has 0 bridgehead atoms. The second-order valence-electron chi connectivity index (χ2n) is 7.71. The molecule has 0 spiro atoms. The Morgan fingerprint density at radius 2 is 1.62 bits per heavy atom. The highest BCUT2D eigenvalue weighted by Crippen LogP contribution is 2.40. The Morgan fingerprint density at radius 1 is 1.07 bits per heavy atom. The van der Waals surface area contributed by atoms with Crippen molar-refractivity contribution >= 4 is 16.0 Å². The van der Waals surface area contributed by atoms with Crippen LogP contribution in [0.4, 0.5) is 22.0 Å². The summed E-state index contributed by atoms with van der Waals surface area (Å²) in [6.45, 7) is 0.318. The monoisotopic (exact) mass is 451 g/mol. The Labute approximate surface area is 166 Å². The molecule has 0 aromatic heterocycles. The molecule has 0 aliphatic carbocycles. The molecule has 0 saturated carbocycles. The summed E-state index contributed by atoms with van der Waals surface area (Å²) in [5.41, 5.74) is 0. The van der Waals surface area contributed by atoms with Crippen molar-refractivity contribution in [2.24, 2.45) is 5.92 Å². The fraction of sp³-hybridized carbons (Fsp3) is 0.941. The molecule has 0 amide bonds. The van der Waals surface area contributed by atoms with Crippen molar-refractivity contribution in [2.45, 2.75) is 68.2 Å². The molecule has 1 N–H and O–H groups in total. The van der Waals surface area contributed by atoms with Crippen molar-refractivity contribution in [3.63, 3.8) is 0 Å². The second kappa shape index (κ2) is 9.01. The van der Waals surface area contributed by atoms with Crippen LogP contribution in [-0.2, 0) is 19.6 Å². The number of sulfonamides is 1. The van der Waals surface area contributed by atoms with Crippen LogP contribution in [0.25, 0.3) is 0 Å². The Kier molecular flexibility index (Phi) is 7.54. The van der Waals surface area contributed by atoms with Gasteiger partial charge in [0.2, 0.25) is 10.0 Å². The van der Waals surface area contributed by atoms with Crippen molar-refractivity contribution in [3.05, 3.63) is 0 Å². The maximum atomic E-state index is 13.0. The third-order valence-corrected chi connectivity index (χ3v) is 8.48. The summed E-state index contributed by atoms with van der Waals surface area (Å²) in [4.78, 5) is 11.8. The number of aliphatic carboxylic acids is 1. The van der Waals surface area contributed by atoms with Crippen LogP contribution >= 0.6 is 0 Å². The van der Waals surface area contributed by atoms with Crippen molar-refractivity contribution in [1.82, 2.24) is 4.31 Å². The van der Waals surface area contributed by atoms with Gasteiger partial charge in [-0.05, 0) is 25.2 Å². The predicted molar refractivity (Wildman–Crippen MR) is 93.1 cm³/mol. The van der Waals surface area contributed by atoms with Crippen LogP contribution in [-0.4, -0.2) is 66.9 Å². The van der Waals surface area contributed by atoms with E-state index in [9.17, 15) is 40.3 Å². The average Bonchev–Trinajstić information content (AvgIpc) is 2.65. The normalized spacial score (nSPS) is 22.5. The minimum absolute atomic E-state index is 0.0106. The number of carboxylic acids is 1. The van der Waals surface area contributed by atoms with Crippen LogP contribution in [0.15, 0.2) is 0 Å². The summed E-state index contributed by atoms with van der Waals surface area (Å²) in [6.07, 6.45) is -5.87. The topological polar surface area (TPSA) is 83.9 Å². The highest BCUT2D eigenvalue weighted by molar-refractivity contribution is 7.91. The number of hydrogen-bond acceptors (Lipinski definition) is 4. The molecular weight excluding hydrogens is 425 g/mol. The molecular formula is C17H26F5NO5S. The Hall–Kier alpha value is -1.01. The Morgan fingerprint density at radius 3 is 2.10 bits per heavy atom. The summed E-state index contributed by atoms with van der Waals surface area (Å²) in [7, 11) is -4.10. The lowest BCUT2D eigenvalue weighted by atomic mass is 9.92. The molecule has 2 aliphatic rings. The zero-order valence-electron chi connectivity index (χ0n) is 15.9. The lowest BCUT2D eigenvalue weighted by molar-refractivity contribution is -0.284. The maximum Gasteiger partial charge on any atom is 0.453 e. The van der Waals surface area contributed by atoms with Gasteiger partial charge in [-0.25, -0.2) is 12.7 Å². The number of rotatable bonds is 8. The first-order chi connectivity index (χ1) is 13.3. The van der Waals surface area contributed by atoms with Gasteiger partial charge < -0.3 is 9.84 Å². The molecule has 2 fully saturated rings. The van der Waals surface area contributed by atoms with Gasteiger partial charge in [-0.3, -0.25) is 4.79 Å². The Bertz CT molecular complexity index is 668. The highest BCUT2D eigenvalue weighted by atomic mass is 32.2. The van der Waals surface area contributed by atoms with Crippen LogP contribution in [0.3, 0.4) is 0 Å². The van der Waals surface area contributed by atoms with E-state index in [4.69, 9.17) is 4.74 Å². The molecule has 2 saturated heterocycles. The van der Waals surface area contributed by atoms with Gasteiger partial charge in [-0.1, -0.05) is 12.8 Å². The molecule has 12 heteroatoms. The zero-order valence-corrected chi connectivity index (χ0v) is 16.7. The summed E-state index contributed by atoms with van der Waals surface area (Å²) < 4.78 is 92.6. The fourth-order valence-electron chi connectivity index (χ4n) is 3.89. The fourth-order valence-corrected chi connectivity index (χ4v) is 5.98. The van der Waals surface area contributed by atoms with E-state index >= 15 is 0 Å². The minimum Gasteiger partial charge on any atom is -0.480 e. The molecule has 0 radical (unpaired) electrons. The van der Waals surface area contributed by atoms with Crippen LogP contribution in [0.2, 0.25) is 0 Å². The number of hydrogen-bond donors (Lipinski definition) is 1. The minimum atomic E-state index is -5.54. The van der Waals surface area contributed by atoms with Crippen LogP contribution in [0.5, 0.6) is 0 Å². The number of alkyl halides is 5. The number of unbranched alkanes of at least 4 members (excludes halogenated alkanes) is 1. The lowest BCUT2D eigenvalue weighted by Gasteiger charge is -2.39. The third kappa shape index (κ3) is 5.19. The highest BCUT2D eigenvalue weighted by Gasteiger charge is 2.56. The molecule has 170 valence electrons. The van der Waals surface area contributed by atoms with Gasteiger partial charge in [0.1, 0.15) is 0 Å². The van der Waals surface area contributed by atoms with E-state index in [2.05, 4.69) is 0 Å². The van der Waals surface area contributed by atoms with E-state index < -0.39 is 39.3 Å². The van der Waals surface area contributed by atoms with Gasteiger partial charge in [0.15, 0.2) is 4.75 Å². The summed E-state index contributed by atoms with van der Waals surface area (Å²) in [6, 6.07) is 0. The van der Waals surface area contributed by atoms with Gasteiger partial charge in [-0.15, -0.1) is 0 Å². The first kappa shape index (κ1) is 24.3. The van der Waals surface area contributed by atoms with Crippen molar-refractivity contribution in [1.29, 1.82) is 0 Å². The molecule has 2 aliphatic heterocycles. The summed E-state index contributed by atoms with van der Waals surface area (Å²) >= 11 is 0. The molecule has 0 aromatic carbocycles. The molecule has 2 heterocycles. The molecule has 0 atom stereocenters. The van der Waals surface area contributed by atoms with Crippen LogP contribution < -0.4 is 0 Å². The average molecular weight is 451 g/mol. The number of carboxylic acid groups (broad SMARTS) is 1. The van der Waals surface area contributed by atoms with Crippen molar-refractivity contribution in [2.75, 3.05) is 26.3 Å². The van der Waals surface area contributed by atoms with Gasteiger partial charge in [-0.2, -0.15) is 22.0 Å². The molecule has 0 aromatic rings. The Balaban J connectivity index is 1.85. The number of halogens is 5. The van der Waals surface area contributed by atoms with Gasteiger partial charge >= 0.3 is 18.1 Å². The second-order valence-corrected chi connectivity index (χ2v) is 9.96. The van der Waals surface area contributed by atoms with Crippen molar-refractivity contribution in [3.8, 4) is 0 Å². The first-order valence-corrected chi connectivity index (χ1v) is 11.0. The van der Waals surface area contributed by atoms with E-state index in [-0.39, 0.29) is 57.9 Å². The van der Waals surface area contributed by atoms with E-state index in [1.54, 1.807) is 0 Å². The first-order valence-electron chi connectivity index (χ1n) is 9.59. The SMILES string of the molecule is O=C(O)C1(S(=O)(=O)N2CCC(CCCCC(F)(F)C(F)(F)F)CC2)CCOCC1. The van der Waals surface area contributed by atoms with E-state index in [1.807, 2.05) is 0 Å². The van der Waals surface area contributed by atoms with E-state index in [0.29, 0.717) is 19.3 Å². The van der Waals surface area contributed by atoms with Gasteiger partial charge in [0.25, 0.3) is 0 Å². The van der Waals surface area contributed by atoms with Gasteiger partial charge in [0.05, 0.1) is 0 Å². The lowest BCUT2D eigenvalue weighted by Crippen LogP contribution is -2.57. The quantitative estimate of drug-likeness (QED) is 0.452. The zero-order chi connectivity index (χ0) is 21.9. The molecule has 6 nitrogen and oxygen atoms in total. The number of carbonyl (C=O) groups is 1. The smallest absolute Gasteiger partial charge is 0.453 e. The molecule has 2 rings (SSSR count). The predicted octanol–water partition coefficient (Wildman–Crippen LogP) is 3.42. The number of piperidine rings is 1. The number of ether oxygens (including phenoxy) is 1. The van der Waals surface area contributed by atoms with Crippen molar-refractivity contribution < 1.29 is 45.0 Å². The summed E-state index contributed by atoms with van der Waals surface area (Å²) in [5, 5.41) is 9.57.